The molecule has 1 saturated carbocycles. The Labute approximate surface area is 111 Å². The van der Waals surface area contributed by atoms with Gasteiger partial charge in [0.1, 0.15) is 0 Å². The number of hydrogen-bond donors (Lipinski definition) is 2. The Morgan fingerprint density at radius 2 is 2.16 bits per heavy atom. The number of carbonyl (C=O) groups excluding carboxylic acids is 1. The maximum Gasteiger partial charge on any atom is 0.274 e. The van der Waals surface area contributed by atoms with E-state index < -0.39 is 4.92 Å². The van der Waals surface area contributed by atoms with Gasteiger partial charge in [-0.25, -0.2) is 0 Å². The van der Waals surface area contributed by atoms with E-state index >= 15 is 0 Å². The fraction of sp³-hybridized carbons (Fsp3) is 0.462. The molecule has 1 aliphatic rings. The Kier molecular flexibility index (Phi) is 4.11. The van der Waals surface area contributed by atoms with Crippen molar-refractivity contribution in [2.24, 2.45) is 11.7 Å². The molecule has 1 aromatic carbocycles. The van der Waals surface area contributed by atoms with Crippen LogP contribution >= 0.6 is 0 Å². The van der Waals surface area contributed by atoms with Crippen LogP contribution in [0.5, 0.6) is 0 Å². The summed E-state index contributed by atoms with van der Waals surface area (Å²) in [5.74, 6) is 0.314. The summed E-state index contributed by atoms with van der Waals surface area (Å²) in [5.41, 5.74) is 6.38. The summed E-state index contributed by atoms with van der Waals surface area (Å²) in [6.07, 6.45) is 2.47. The number of nitrogens with one attached hydrogen (secondary N) is 1. The van der Waals surface area contributed by atoms with Gasteiger partial charge in [0.25, 0.3) is 5.69 Å². The SMILES string of the molecule is NC(CC(=O)NCc1ccccc1[N+](=O)[O-])C1CC1. The average Bonchev–Trinajstić information content (AvgIpc) is 3.20. The molecule has 2 rings (SSSR count). The van der Waals surface area contributed by atoms with Crippen LogP contribution in [0.15, 0.2) is 24.3 Å². The summed E-state index contributed by atoms with van der Waals surface area (Å²) in [6.45, 7) is 0.160. The summed E-state index contributed by atoms with van der Waals surface area (Å²) in [7, 11) is 0. The molecule has 0 radical (unpaired) electrons. The number of amides is 1. The van der Waals surface area contributed by atoms with Crippen LogP contribution in [0.25, 0.3) is 0 Å². The first-order valence-electron chi connectivity index (χ1n) is 6.32. The van der Waals surface area contributed by atoms with Crippen molar-refractivity contribution in [2.45, 2.75) is 31.8 Å². The number of para-hydroxylation sites is 1. The highest BCUT2D eigenvalue weighted by Crippen LogP contribution is 2.32. The van der Waals surface area contributed by atoms with Gasteiger partial charge in [0.2, 0.25) is 5.91 Å². The van der Waals surface area contributed by atoms with Crippen LogP contribution in [0.1, 0.15) is 24.8 Å². The fourth-order valence-electron chi connectivity index (χ4n) is 2.01. The lowest BCUT2D eigenvalue weighted by Crippen LogP contribution is -2.32. The Morgan fingerprint density at radius 3 is 2.79 bits per heavy atom. The van der Waals surface area contributed by atoms with Gasteiger partial charge >= 0.3 is 0 Å². The standard InChI is InChI=1S/C13H17N3O3/c14-11(9-5-6-9)7-13(17)15-8-10-3-1-2-4-12(10)16(18)19/h1-4,9,11H,5-8,14H2,(H,15,17). The Morgan fingerprint density at radius 1 is 1.47 bits per heavy atom. The number of rotatable bonds is 6. The molecule has 0 aromatic heterocycles. The minimum atomic E-state index is -0.447. The quantitative estimate of drug-likeness (QED) is 0.597. The number of hydrogen-bond acceptors (Lipinski definition) is 4. The van der Waals surface area contributed by atoms with Gasteiger partial charge in [-0.2, -0.15) is 0 Å². The molecule has 0 spiro atoms. The summed E-state index contributed by atoms with van der Waals surface area (Å²) < 4.78 is 0. The van der Waals surface area contributed by atoms with Gasteiger partial charge in [0, 0.05) is 30.6 Å². The second-order valence-electron chi connectivity index (χ2n) is 4.87. The van der Waals surface area contributed by atoms with E-state index in [1.54, 1.807) is 18.2 Å². The van der Waals surface area contributed by atoms with E-state index in [4.69, 9.17) is 5.73 Å². The molecule has 1 atom stereocenters. The van der Waals surface area contributed by atoms with Crippen LogP contribution in [-0.2, 0) is 11.3 Å². The molecular formula is C13H17N3O3. The van der Waals surface area contributed by atoms with Crippen molar-refractivity contribution >= 4 is 11.6 Å². The number of nitrogens with two attached hydrogens (primary N) is 1. The lowest BCUT2D eigenvalue weighted by molar-refractivity contribution is -0.385. The molecule has 6 heteroatoms. The van der Waals surface area contributed by atoms with E-state index in [9.17, 15) is 14.9 Å². The number of nitro benzene ring substituents is 1. The third-order valence-electron chi connectivity index (χ3n) is 3.31. The summed E-state index contributed by atoms with van der Waals surface area (Å²) in [5, 5.41) is 13.5. The molecular weight excluding hydrogens is 246 g/mol. The van der Waals surface area contributed by atoms with E-state index in [0.717, 1.165) is 12.8 Å². The van der Waals surface area contributed by atoms with Gasteiger partial charge in [-0.05, 0) is 18.8 Å². The third-order valence-corrected chi connectivity index (χ3v) is 3.31. The van der Waals surface area contributed by atoms with Crippen LogP contribution in [0.3, 0.4) is 0 Å². The number of benzene rings is 1. The molecule has 102 valence electrons. The molecule has 1 aromatic rings. The van der Waals surface area contributed by atoms with Gasteiger partial charge in [0.15, 0.2) is 0 Å². The van der Waals surface area contributed by atoms with E-state index in [0.29, 0.717) is 11.5 Å². The maximum absolute atomic E-state index is 11.7. The smallest absolute Gasteiger partial charge is 0.274 e. The molecule has 1 unspecified atom stereocenters. The summed E-state index contributed by atoms with van der Waals surface area (Å²) in [4.78, 5) is 22.0. The van der Waals surface area contributed by atoms with Crippen molar-refractivity contribution in [3.63, 3.8) is 0 Å². The molecule has 1 amide bonds. The van der Waals surface area contributed by atoms with Crippen molar-refractivity contribution < 1.29 is 9.72 Å². The first-order valence-corrected chi connectivity index (χ1v) is 6.32. The highest BCUT2D eigenvalue weighted by atomic mass is 16.6. The minimum absolute atomic E-state index is 0.0225. The molecule has 0 aliphatic heterocycles. The normalized spacial score (nSPS) is 15.8. The molecule has 1 fully saturated rings. The van der Waals surface area contributed by atoms with E-state index in [1.807, 2.05) is 0 Å². The largest absolute Gasteiger partial charge is 0.352 e. The predicted molar refractivity (Wildman–Crippen MR) is 70.3 cm³/mol. The minimum Gasteiger partial charge on any atom is -0.352 e. The zero-order valence-electron chi connectivity index (χ0n) is 10.5. The van der Waals surface area contributed by atoms with Crippen LogP contribution in [0.4, 0.5) is 5.69 Å². The monoisotopic (exact) mass is 263 g/mol. The van der Waals surface area contributed by atoms with Crippen LogP contribution < -0.4 is 11.1 Å². The Bertz CT molecular complexity index is 486. The zero-order valence-corrected chi connectivity index (χ0v) is 10.5. The van der Waals surface area contributed by atoms with Crippen LogP contribution in [0, 0.1) is 16.0 Å². The lowest BCUT2D eigenvalue weighted by Gasteiger charge is -2.10. The van der Waals surface area contributed by atoms with E-state index in [2.05, 4.69) is 5.32 Å². The predicted octanol–water partition coefficient (Wildman–Crippen LogP) is 1.34. The van der Waals surface area contributed by atoms with Gasteiger partial charge in [-0.1, -0.05) is 18.2 Å². The molecule has 0 heterocycles. The molecule has 1 aliphatic carbocycles. The molecule has 3 N–H and O–H groups in total. The number of nitrogens with zero attached hydrogens (tertiary/aromatic N) is 1. The number of carbonyl (C=O) groups is 1. The Balaban J connectivity index is 1.87. The first kappa shape index (κ1) is 13.5. The molecule has 6 nitrogen and oxygen atoms in total. The Hall–Kier alpha value is -1.95. The highest BCUT2D eigenvalue weighted by Gasteiger charge is 2.29. The third kappa shape index (κ3) is 3.75. The van der Waals surface area contributed by atoms with Crippen LogP contribution in [-0.4, -0.2) is 16.9 Å². The van der Waals surface area contributed by atoms with Crippen LogP contribution in [0.2, 0.25) is 0 Å². The molecule has 0 saturated heterocycles. The first-order chi connectivity index (χ1) is 9.08. The average molecular weight is 263 g/mol. The summed E-state index contributed by atoms with van der Waals surface area (Å²) >= 11 is 0. The second kappa shape index (κ2) is 5.79. The van der Waals surface area contributed by atoms with Crippen molar-refractivity contribution in [2.75, 3.05) is 0 Å². The van der Waals surface area contributed by atoms with Gasteiger partial charge < -0.3 is 11.1 Å². The van der Waals surface area contributed by atoms with Crippen molar-refractivity contribution in [3.05, 3.63) is 39.9 Å². The van der Waals surface area contributed by atoms with E-state index in [-0.39, 0.29) is 30.6 Å². The molecule has 0 bridgehead atoms. The van der Waals surface area contributed by atoms with Crippen molar-refractivity contribution in [1.82, 2.24) is 5.32 Å². The summed E-state index contributed by atoms with van der Waals surface area (Å²) in [6, 6.07) is 6.29. The highest BCUT2D eigenvalue weighted by molar-refractivity contribution is 5.76. The topological polar surface area (TPSA) is 98.3 Å². The van der Waals surface area contributed by atoms with E-state index in [1.165, 1.54) is 6.07 Å². The zero-order chi connectivity index (χ0) is 13.8. The lowest BCUT2D eigenvalue weighted by atomic mass is 10.1. The van der Waals surface area contributed by atoms with Crippen molar-refractivity contribution in [1.29, 1.82) is 0 Å². The van der Waals surface area contributed by atoms with Gasteiger partial charge in [-0.15, -0.1) is 0 Å². The fourth-order valence-corrected chi connectivity index (χ4v) is 2.01. The van der Waals surface area contributed by atoms with Gasteiger partial charge in [0.05, 0.1) is 4.92 Å². The number of nitro groups is 1. The molecule has 19 heavy (non-hydrogen) atoms. The second-order valence-corrected chi connectivity index (χ2v) is 4.87. The van der Waals surface area contributed by atoms with Gasteiger partial charge in [-0.3, -0.25) is 14.9 Å². The van der Waals surface area contributed by atoms with Crippen molar-refractivity contribution in [3.8, 4) is 0 Å². The maximum atomic E-state index is 11.7.